The van der Waals surface area contributed by atoms with E-state index in [4.69, 9.17) is 5.73 Å². The van der Waals surface area contributed by atoms with E-state index in [0.717, 1.165) is 28.4 Å². The van der Waals surface area contributed by atoms with E-state index >= 15 is 0 Å². The Hall–Kier alpha value is -5.57. The Morgan fingerprint density at radius 3 is 1.63 bits per heavy atom. The van der Waals surface area contributed by atoms with Crippen molar-refractivity contribution in [3.8, 4) is 0 Å². The molecule has 0 amide bonds. The van der Waals surface area contributed by atoms with Crippen LogP contribution in [0.5, 0.6) is 0 Å². The number of pyridine rings is 4. The number of nitrogens with zero attached hydrogens (tertiary/aromatic N) is 8. The molecular formula is C31H34N12O2S. The fraction of sp³-hybridized carbons (Fsp3) is 0.226. The van der Waals surface area contributed by atoms with Crippen molar-refractivity contribution in [1.29, 1.82) is 0 Å². The van der Waals surface area contributed by atoms with Gasteiger partial charge in [0.15, 0.2) is 11.6 Å². The summed E-state index contributed by atoms with van der Waals surface area (Å²) in [5, 5.41) is 22.4. The first-order chi connectivity index (χ1) is 21.9. The molecule has 0 aromatic carbocycles. The molecule has 236 valence electrons. The van der Waals surface area contributed by atoms with E-state index in [9.17, 15) is 8.42 Å². The zero-order chi connectivity index (χ0) is 32.8. The van der Waals surface area contributed by atoms with Crippen LogP contribution in [-0.4, -0.2) is 55.0 Å². The number of hydrogen-bond donors (Lipinski definition) is 4. The highest BCUT2D eigenvalue weighted by Crippen LogP contribution is 2.22. The summed E-state index contributed by atoms with van der Waals surface area (Å²) < 4.78 is 25.1. The van der Waals surface area contributed by atoms with E-state index in [0.29, 0.717) is 57.5 Å². The summed E-state index contributed by atoms with van der Waals surface area (Å²) in [4.78, 5) is 17.4. The Morgan fingerprint density at radius 2 is 1.13 bits per heavy atom. The minimum atomic E-state index is -3.37. The Kier molecular flexibility index (Phi) is 9.42. The summed E-state index contributed by atoms with van der Waals surface area (Å²) >= 11 is 0. The van der Waals surface area contributed by atoms with Crippen LogP contribution in [0.1, 0.15) is 50.7 Å². The van der Waals surface area contributed by atoms with E-state index in [1.165, 1.54) is 6.20 Å². The van der Waals surface area contributed by atoms with Gasteiger partial charge in [-0.3, -0.25) is 14.7 Å². The van der Waals surface area contributed by atoms with Gasteiger partial charge in [-0.25, -0.2) is 18.4 Å². The Labute approximate surface area is 266 Å². The van der Waals surface area contributed by atoms with E-state index in [2.05, 4.69) is 83.4 Å². The Balaban J connectivity index is 0.000000184. The predicted octanol–water partition coefficient (Wildman–Crippen LogP) is 5.53. The number of nitrogens with two attached hydrogens (primary N) is 1. The number of anilines is 6. The van der Waals surface area contributed by atoms with Gasteiger partial charge < -0.3 is 16.4 Å². The van der Waals surface area contributed by atoms with Gasteiger partial charge in [-0.15, -0.1) is 10.2 Å². The lowest BCUT2D eigenvalue weighted by molar-refractivity contribution is 0.607. The van der Waals surface area contributed by atoms with Gasteiger partial charge >= 0.3 is 0 Å². The number of hydrogen-bond acceptors (Lipinski definition) is 13. The van der Waals surface area contributed by atoms with Crippen LogP contribution in [0.25, 0.3) is 22.1 Å². The molecule has 0 saturated heterocycles. The molecule has 6 heterocycles. The van der Waals surface area contributed by atoms with E-state index in [1.54, 1.807) is 42.9 Å². The topological polar surface area (TPSA) is 199 Å². The first-order valence-electron chi connectivity index (χ1n) is 14.4. The van der Waals surface area contributed by atoms with Crippen molar-refractivity contribution in [2.75, 3.05) is 27.3 Å². The van der Waals surface area contributed by atoms with Crippen LogP contribution >= 0.6 is 0 Å². The van der Waals surface area contributed by atoms with Gasteiger partial charge in [-0.2, -0.15) is 10.2 Å². The van der Waals surface area contributed by atoms with Crippen molar-refractivity contribution >= 4 is 66.7 Å². The third kappa shape index (κ3) is 8.53. The second-order valence-electron chi connectivity index (χ2n) is 11.1. The van der Waals surface area contributed by atoms with Crippen molar-refractivity contribution in [2.45, 2.75) is 39.5 Å². The molecular weight excluding hydrogens is 604 g/mol. The number of nitrogen functional groups attached to an aromatic ring is 1. The average molecular weight is 639 g/mol. The highest BCUT2D eigenvalue weighted by Gasteiger charge is 2.08. The molecule has 0 atom stereocenters. The smallest absolute Gasteiger partial charge is 0.229 e. The number of nitrogens with one attached hydrogen (secondary N) is 3. The van der Waals surface area contributed by atoms with Gasteiger partial charge in [0, 0.05) is 0 Å². The van der Waals surface area contributed by atoms with Crippen LogP contribution < -0.4 is 21.1 Å². The second kappa shape index (κ2) is 13.6. The number of sulfonamides is 1. The van der Waals surface area contributed by atoms with E-state index < -0.39 is 10.0 Å². The minimum absolute atomic E-state index is 0.342. The Morgan fingerprint density at radius 1 is 0.630 bits per heavy atom. The lowest BCUT2D eigenvalue weighted by Crippen LogP contribution is -2.09. The minimum Gasteiger partial charge on any atom is -0.397 e. The average Bonchev–Trinajstić information content (AvgIpc) is 3.00. The highest BCUT2D eigenvalue weighted by molar-refractivity contribution is 7.92. The van der Waals surface area contributed by atoms with Crippen molar-refractivity contribution in [2.24, 2.45) is 0 Å². The molecule has 6 aromatic heterocycles. The molecule has 0 aliphatic heterocycles. The monoisotopic (exact) mass is 638 g/mol. The summed E-state index contributed by atoms with van der Waals surface area (Å²) in [6.07, 6.45) is 7.67. The van der Waals surface area contributed by atoms with Crippen LogP contribution in [0.3, 0.4) is 0 Å². The zero-order valence-corrected chi connectivity index (χ0v) is 26.8. The third-order valence-electron chi connectivity index (χ3n) is 6.60. The SMILES string of the molecule is CC(C)c1cnnc(Nc2ccc3ncc(N)cc3n2)c1.CC(C)c1cnnc(Nc2ccc3ncc(NS(C)(=O)=O)cc3n2)c1. The molecule has 6 aromatic rings. The number of rotatable bonds is 8. The van der Waals surface area contributed by atoms with Gasteiger partial charge in [-0.1, -0.05) is 27.7 Å². The molecule has 0 aliphatic rings. The standard InChI is InChI=1S/C16H18N6O2S.C15H16N6/c1-10(2)11-6-16(21-18-8-11)20-15-5-4-13-14(19-15)7-12(9-17-13)22-25(3,23)24;1-9(2)10-5-15(21-18-7-10)20-14-4-3-12-13(19-14)6-11(16)8-17-12/h4-10,22H,1-3H3,(H,19,20,21);3-9H,16H2,1-2H3,(H,19,20,21). The van der Waals surface area contributed by atoms with Crippen molar-refractivity contribution in [3.63, 3.8) is 0 Å². The molecule has 0 fully saturated rings. The Bertz CT molecular complexity index is 2110. The molecule has 0 saturated carbocycles. The van der Waals surface area contributed by atoms with E-state index in [-0.39, 0.29) is 0 Å². The van der Waals surface area contributed by atoms with E-state index in [1.807, 2.05) is 24.3 Å². The van der Waals surface area contributed by atoms with Gasteiger partial charge in [0.2, 0.25) is 10.0 Å². The lowest BCUT2D eigenvalue weighted by atomic mass is 10.1. The molecule has 0 unspecified atom stereocenters. The van der Waals surface area contributed by atoms with Gasteiger partial charge in [-0.05, 0) is 71.5 Å². The molecule has 0 radical (unpaired) electrons. The molecule has 0 spiro atoms. The molecule has 6 rings (SSSR count). The number of aromatic nitrogens is 8. The molecule has 5 N–H and O–H groups in total. The van der Waals surface area contributed by atoms with Gasteiger partial charge in [0.05, 0.1) is 64.5 Å². The first kappa shape index (κ1) is 31.8. The maximum Gasteiger partial charge on any atom is 0.229 e. The summed E-state index contributed by atoms with van der Waals surface area (Å²) in [6.45, 7) is 8.39. The van der Waals surface area contributed by atoms with Crippen molar-refractivity contribution in [1.82, 2.24) is 40.3 Å². The summed E-state index contributed by atoms with van der Waals surface area (Å²) in [7, 11) is -3.37. The zero-order valence-electron chi connectivity index (χ0n) is 26.0. The first-order valence-corrected chi connectivity index (χ1v) is 16.3. The largest absolute Gasteiger partial charge is 0.397 e. The summed E-state index contributed by atoms with van der Waals surface area (Å²) in [5.41, 5.74) is 11.6. The van der Waals surface area contributed by atoms with Crippen LogP contribution in [-0.2, 0) is 10.0 Å². The second-order valence-corrected chi connectivity index (χ2v) is 12.9. The van der Waals surface area contributed by atoms with Gasteiger partial charge in [0.25, 0.3) is 0 Å². The van der Waals surface area contributed by atoms with Crippen LogP contribution in [0.4, 0.5) is 34.6 Å². The maximum atomic E-state index is 11.3. The van der Waals surface area contributed by atoms with Gasteiger partial charge in [0.1, 0.15) is 11.6 Å². The third-order valence-corrected chi connectivity index (χ3v) is 7.20. The maximum absolute atomic E-state index is 11.3. The molecule has 46 heavy (non-hydrogen) atoms. The summed E-state index contributed by atoms with van der Waals surface area (Å²) in [6, 6.07) is 14.6. The summed E-state index contributed by atoms with van der Waals surface area (Å²) in [5.74, 6) is 3.26. The molecule has 14 nitrogen and oxygen atoms in total. The molecule has 15 heteroatoms. The normalized spacial score (nSPS) is 11.4. The highest BCUT2D eigenvalue weighted by atomic mass is 32.2. The fourth-order valence-corrected chi connectivity index (χ4v) is 4.76. The lowest BCUT2D eigenvalue weighted by Gasteiger charge is -2.09. The quantitative estimate of drug-likeness (QED) is 0.162. The van der Waals surface area contributed by atoms with Crippen LogP contribution in [0.15, 0.2) is 73.3 Å². The van der Waals surface area contributed by atoms with Crippen molar-refractivity contribution < 1.29 is 8.42 Å². The molecule has 0 aliphatic carbocycles. The van der Waals surface area contributed by atoms with Crippen LogP contribution in [0.2, 0.25) is 0 Å². The van der Waals surface area contributed by atoms with Crippen LogP contribution in [0, 0.1) is 0 Å². The predicted molar refractivity (Wildman–Crippen MR) is 181 cm³/mol. The molecule has 0 bridgehead atoms. The number of fused-ring (bicyclic) bond motifs is 2. The fourth-order valence-electron chi connectivity index (χ4n) is 4.22. The van der Waals surface area contributed by atoms with Crippen molar-refractivity contribution in [3.05, 3.63) is 84.4 Å².